The number of aromatic nitrogens is 2. The van der Waals surface area contributed by atoms with Gasteiger partial charge in [-0.2, -0.15) is 0 Å². The minimum Gasteiger partial charge on any atom is -0.492 e. The van der Waals surface area contributed by atoms with Gasteiger partial charge >= 0.3 is 0 Å². The lowest BCUT2D eigenvalue weighted by Crippen LogP contribution is -2.24. The third-order valence-electron chi connectivity index (χ3n) is 5.00. The largest absolute Gasteiger partial charge is 0.492 e. The Balaban J connectivity index is 1.74. The summed E-state index contributed by atoms with van der Waals surface area (Å²) in [5, 5.41) is 3.44. The second-order valence-corrected chi connectivity index (χ2v) is 7.64. The van der Waals surface area contributed by atoms with Gasteiger partial charge in [-0.05, 0) is 49.4 Å². The molecule has 0 saturated carbocycles. The Morgan fingerprint density at radius 2 is 1.85 bits per heavy atom. The highest BCUT2D eigenvalue weighted by atomic mass is 35.5. The van der Waals surface area contributed by atoms with Gasteiger partial charge in [0.25, 0.3) is 0 Å². The number of para-hydroxylation sites is 2. The molecule has 7 nitrogen and oxygen atoms in total. The van der Waals surface area contributed by atoms with E-state index in [1.165, 1.54) is 36.8 Å². The van der Waals surface area contributed by atoms with Gasteiger partial charge in [-0.15, -0.1) is 0 Å². The summed E-state index contributed by atoms with van der Waals surface area (Å²) in [4.78, 5) is 43.0. The highest BCUT2D eigenvalue weighted by Gasteiger charge is 2.19. The first-order valence-corrected chi connectivity index (χ1v) is 10.6. The molecule has 0 aliphatic rings. The summed E-state index contributed by atoms with van der Waals surface area (Å²) in [6.07, 6.45) is 4.37. The quantitative estimate of drug-likeness (QED) is 0.414. The van der Waals surface area contributed by atoms with Crippen LogP contribution in [0.2, 0.25) is 5.02 Å². The molecule has 8 heteroatoms. The molecule has 33 heavy (non-hydrogen) atoms. The van der Waals surface area contributed by atoms with Crippen LogP contribution in [-0.4, -0.2) is 27.8 Å². The van der Waals surface area contributed by atoms with Crippen molar-refractivity contribution >= 4 is 39.9 Å². The molecule has 0 spiro atoms. The molecule has 2 heterocycles. The van der Waals surface area contributed by atoms with Crippen molar-refractivity contribution in [2.24, 2.45) is 0 Å². The number of carbonyl (C=O) groups excluding carboxylic acids is 2. The number of carbonyl (C=O) groups is 2. The van der Waals surface area contributed by atoms with Crippen LogP contribution in [0.25, 0.3) is 10.9 Å². The van der Waals surface area contributed by atoms with Gasteiger partial charge in [-0.1, -0.05) is 23.7 Å². The smallest absolute Gasteiger partial charge is 0.244 e. The van der Waals surface area contributed by atoms with Gasteiger partial charge in [0.15, 0.2) is 5.78 Å². The number of pyridine rings is 2. The number of hydrogen-bond acceptors (Lipinski definition) is 5. The SMILES string of the molecule is CCOc1ccccc1NC(=O)Cn1cc(C(=O)c2ccncc2)c(=O)c2cc(Cl)ccc21. The number of nitrogens with one attached hydrogen (secondary N) is 1. The van der Waals surface area contributed by atoms with Gasteiger partial charge in [-0.3, -0.25) is 19.4 Å². The number of fused-ring (bicyclic) bond motifs is 1. The number of benzene rings is 2. The number of nitrogens with zero attached hydrogens (tertiary/aromatic N) is 2. The van der Waals surface area contributed by atoms with Crippen molar-refractivity contribution in [3.05, 3.63) is 99.6 Å². The number of anilines is 1. The van der Waals surface area contributed by atoms with E-state index in [2.05, 4.69) is 10.3 Å². The van der Waals surface area contributed by atoms with E-state index >= 15 is 0 Å². The fourth-order valence-corrected chi connectivity index (χ4v) is 3.69. The first-order valence-electron chi connectivity index (χ1n) is 10.3. The van der Waals surface area contributed by atoms with Crippen molar-refractivity contribution < 1.29 is 14.3 Å². The molecule has 0 aliphatic carbocycles. The third-order valence-corrected chi connectivity index (χ3v) is 5.24. The average molecular weight is 462 g/mol. The highest BCUT2D eigenvalue weighted by molar-refractivity contribution is 6.31. The van der Waals surface area contributed by atoms with Crippen LogP contribution in [-0.2, 0) is 11.3 Å². The maximum Gasteiger partial charge on any atom is 0.244 e. The van der Waals surface area contributed by atoms with Crippen molar-refractivity contribution in [1.29, 1.82) is 0 Å². The van der Waals surface area contributed by atoms with Crippen molar-refractivity contribution in [2.45, 2.75) is 13.5 Å². The van der Waals surface area contributed by atoms with E-state index in [1.807, 2.05) is 13.0 Å². The molecule has 0 saturated heterocycles. The number of amides is 1. The maximum atomic E-state index is 13.1. The third kappa shape index (κ3) is 4.78. The van der Waals surface area contributed by atoms with Crippen LogP contribution < -0.4 is 15.5 Å². The predicted octanol–water partition coefficient (Wildman–Crippen LogP) is 4.32. The number of hydrogen-bond donors (Lipinski definition) is 1. The first-order chi connectivity index (χ1) is 16.0. The van der Waals surface area contributed by atoms with Crippen molar-refractivity contribution in [3.8, 4) is 5.75 Å². The molecule has 0 atom stereocenters. The summed E-state index contributed by atoms with van der Waals surface area (Å²) in [6.45, 7) is 2.19. The van der Waals surface area contributed by atoms with Gasteiger partial charge < -0.3 is 14.6 Å². The zero-order chi connectivity index (χ0) is 23.4. The van der Waals surface area contributed by atoms with Gasteiger partial charge in [0.1, 0.15) is 12.3 Å². The van der Waals surface area contributed by atoms with Crippen LogP contribution in [0.5, 0.6) is 5.75 Å². The molecule has 0 aliphatic heterocycles. The van der Waals surface area contributed by atoms with Crippen LogP contribution >= 0.6 is 11.6 Å². The average Bonchev–Trinajstić information content (AvgIpc) is 2.82. The fraction of sp³-hybridized carbons (Fsp3) is 0.120. The van der Waals surface area contributed by atoms with Gasteiger partial charge in [0.2, 0.25) is 11.3 Å². The van der Waals surface area contributed by atoms with E-state index in [-0.39, 0.29) is 23.4 Å². The molecule has 0 unspecified atom stereocenters. The lowest BCUT2D eigenvalue weighted by Gasteiger charge is -2.15. The molecular formula is C25H20ClN3O4. The van der Waals surface area contributed by atoms with Crippen LogP contribution in [0.3, 0.4) is 0 Å². The summed E-state index contributed by atoms with van der Waals surface area (Å²) in [6, 6.07) is 15.0. The molecule has 166 valence electrons. The van der Waals surface area contributed by atoms with Gasteiger partial charge in [0, 0.05) is 34.6 Å². The molecule has 0 bridgehead atoms. The van der Waals surface area contributed by atoms with Gasteiger partial charge in [-0.25, -0.2) is 0 Å². The topological polar surface area (TPSA) is 90.3 Å². The molecule has 2 aromatic heterocycles. The minimum absolute atomic E-state index is 0.0570. The second kappa shape index (κ2) is 9.67. The van der Waals surface area contributed by atoms with E-state index in [1.54, 1.807) is 34.9 Å². The maximum absolute atomic E-state index is 13.1. The monoisotopic (exact) mass is 461 g/mol. The molecule has 4 rings (SSSR count). The number of ether oxygens (including phenoxy) is 1. The number of halogens is 1. The molecule has 0 fully saturated rings. The lowest BCUT2D eigenvalue weighted by atomic mass is 10.0. The Labute approximate surface area is 194 Å². The number of rotatable bonds is 7. The highest BCUT2D eigenvalue weighted by Crippen LogP contribution is 2.24. The Hall–Kier alpha value is -3.97. The normalized spacial score (nSPS) is 10.7. The molecule has 4 aromatic rings. The predicted molar refractivity (Wildman–Crippen MR) is 127 cm³/mol. The van der Waals surface area contributed by atoms with Crippen LogP contribution in [0.15, 0.2) is 78.0 Å². The van der Waals surface area contributed by atoms with Crippen LogP contribution in [0, 0.1) is 0 Å². The number of ketones is 1. The molecule has 0 radical (unpaired) electrons. The Bertz CT molecular complexity index is 1400. The summed E-state index contributed by atoms with van der Waals surface area (Å²) < 4.78 is 7.13. The zero-order valence-corrected chi connectivity index (χ0v) is 18.5. The van der Waals surface area contributed by atoms with Crippen LogP contribution in [0.4, 0.5) is 5.69 Å². The summed E-state index contributed by atoms with van der Waals surface area (Å²) in [5.74, 6) is -0.247. The van der Waals surface area contributed by atoms with Crippen molar-refractivity contribution in [2.75, 3.05) is 11.9 Å². The van der Waals surface area contributed by atoms with Gasteiger partial charge in [0.05, 0.1) is 23.4 Å². The lowest BCUT2D eigenvalue weighted by molar-refractivity contribution is -0.116. The van der Waals surface area contributed by atoms with Crippen molar-refractivity contribution in [1.82, 2.24) is 9.55 Å². The van der Waals surface area contributed by atoms with E-state index in [0.717, 1.165) is 0 Å². The molecule has 1 amide bonds. The summed E-state index contributed by atoms with van der Waals surface area (Å²) in [7, 11) is 0. The van der Waals surface area contributed by atoms with E-state index in [4.69, 9.17) is 16.3 Å². The molecule has 2 aromatic carbocycles. The Morgan fingerprint density at radius 1 is 1.09 bits per heavy atom. The second-order valence-electron chi connectivity index (χ2n) is 7.20. The first kappa shape index (κ1) is 22.2. The Morgan fingerprint density at radius 3 is 2.61 bits per heavy atom. The zero-order valence-electron chi connectivity index (χ0n) is 17.7. The van der Waals surface area contributed by atoms with Crippen LogP contribution in [0.1, 0.15) is 22.8 Å². The van der Waals surface area contributed by atoms with E-state index < -0.39 is 11.2 Å². The van der Waals surface area contributed by atoms with E-state index in [9.17, 15) is 14.4 Å². The fourth-order valence-electron chi connectivity index (χ4n) is 3.52. The van der Waals surface area contributed by atoms with E-state index in [0.29, 0.717) is 34.1 Å². The van der Waals surface area contributed by atoms with Crippen molar-refractivity contribution in [3.63, 3.8) is 0 Å². The Kier molecular flexibility index (Phi) is 6.51. The minimum atomic E-state index is -0.458. The standard InChI is InChI=1S/C25H20ClN3O4/c1-2-33-22-6-4-3-5-20(22)28-23(30)15-29-14-19(24(31)16-9-11-27-12-10-16)25(32)18-13-17(26)7-8-21(18)29/h3-14H,2,15H2,1H3,(H,28,30). The summed E-state index contributed by atoms with van der Waals surface area (Å²) in [5.41, 5.74) is 0.839. The molecule has 1 N–H and O–H groups in total. The molecular weight excluding hydrogens is 442 g/mol. The summed E-state index contributed by atoms with van der Waals surface area (Å²) >= 11 is 6.12.